The van der Waals surface area contributed by atoms with Gasteiger partial charge in [-0.1, -0.05) is 18.2 Å². The van der Waals surface area contributed by atoms with Crippen LogP contribution in [0, 0.1) is 0 Å². The SMILES string of the molecule is CC(C)n1cnc2c(NCc3ccc(-c4cccnc4)nc3)nc(-c3ccc4cc[nH]c4c3)nc21. The summed E-state index contributed by atoms with van der Waals surface area (Å²) >= 11 is 0. The third-order valence-electron chi connectivity index (χ3n) is 6.03. The molecule has 0 aliphatic carbocycles. The number of pyridine rings is 2. The number of fused-ring (bicyclic) bond motifs is 2. The first-order valence-electron chi connectivity index (χ1n) is 11.6. The van der Waals surface area contributed by atoms with Crippen LogP contribution in [0.1, 0.15) is 25.5 Å². The van der Waals surface area contributed by atoms with Gasteiger partial charge in [0.15, 0.2) is 17.3 Å². The summed E-state index contributed by atoms with van der Waals surface area (Å²) in [5.41, 5.74) is 6.49. The summed E-state index contributed by atoms with van der Waals surface area (Å²) in [6, 6.07) is 16.5. The fourth-order valence-electron chi connectivity index (χ4n) is 4.13. The van der Waals surface area contributed by atoms with Crippen LogP contribution in [0.2, 0.25) is 0 Å². The number of rotatable bonds is 6. The Hall–Kier alpha value is -4.59. The number of hydrogen-bond donors (Lipinski definition) is 2. The van der Waals surface area contributed by atoms with Crippen molar-refractivity contribution in [2.45, 2.75) is 26.4 Å². The summed E-state index contributed by atoms with van der Waals surface area (Å²) in [5.74, 6) is 1.36. The van der Waals surface area contributed by atoms with Crippen molar-refractivity contribution in [1.82, 2.24) is 34.5 Å². The molecule has 0 saturated carbocycles. The lowest BCUT2D eigenvalue weighted by Crippen LogP contribution is -2.06. The highest BCUT2D eigenvalue weighted by Crippen LogP contribution is 2.28. The molecular formula is C27H24N8. The largest absolute Gasteiger partial charge is 0.364 e. The van der Waals surface area contributed by atoms with Crippen molar-refractivity contribution in [3.8, 4) is 22.6 Å². The Morgan fingerprint density at radius 1 is 0.971 bits per heavy atom. The Balaban J connectivity index is 1.34. The molecule has 6 rings (SSSR count). The maximum atomic E-state index is 4.90. The van der Waals surface area contributed by atoms with Crippen LogP contribution in [0.4, 0.5) is 5.82 Å². The molecule has 172 valence electrons. The molecule has 0 atom stereocenters. The minimum atomic E-state index is 0.228. The number of imidazole rings is 1. The maximum absolute atomic E-state index is 4.90. The first-order chi connectivity index (χ1) is 17.2. The van der Waals surface area contributed by atoms with E-state index < -0.39 is 0 Å². The average Bonchev–Trinajstić information content (AvgIpc) is 3.55. The van der Waals surface area contributed by atoms with Gasteiger partial charge >= 0.3 is 0 Å². The molecule has 35 heavy (non-hydrogen) atoms. The highest BCUT2D eigenvalue weighted by molar-refractivity contribution is 5.87. The van der Waals surface area contributed by atoms with E-state index in [-0.39, 0.29) is 6.04 Å². The van der Waals surface area contributed by atoms with Crippen molar-refractivity contribution in [2.24, 2.45) is 0 Å². The first-order valence-corrected chi connectivity index (χ1v) is 11.6. The molecule has 8 heteroatoms. The number of aromatic amines is 1. The van der Waals surface area contributed by atoms with Crippen LogP contribution in [0.5, 0.6) is 0 Å². The fraction of sp³-hybridized carbons (Fsp3) is 0.148. The molecule has 0 aliphatic heterocycles. The Morgan fingerprint density at radius 3 is 2.71 bits per heavy atom. The van der Waals surface area contributed by atoms with Crippen LogP contribution < -0.4 is 5.32 Å². The summed E-state index contributed by atoms with van der Waals surface area (Å²) in [6.45, 7) is 4.81. The summed E-state index contributed by atoms with van der Waals surface area (Å²) in [7, 11) is 0. The molecule has 0 amide bonds. The van der Waals surface area contributed by atoms with Crippen LogP contribution in [0.3, 0.4) is 0 Å². The van der Waals surface area contributed by atoms with Crippen LogP contribution in [-0.4, -0.2) is 34.5 Å². The van der Waals surface area contributed by atoms with E-state index in [2.05, 4.69) is 74.0 Å². The highest BCUT2D eigenvalue weighted by atomic mass is 15.2. The number of benzene rings is 1. The van der Waals surface area contributed by atoms with E-state index in [0.717, 1.165) is 44.5 Å². The van der Waals surface area contributed by atoms with Gasteiger partial charge in [-0.3, -0.25) is 9.97 Å². The van der Waals surface area contributed by atoms with Crippen molar-refractivity contribution in [1.29, 1.82) is 0 Å². The standard InChI is InChI=1S/C27H24N8/c1-17(2)35-16-32-24-26(31-14-18-5-8-22(30-13-18)21-4-3-10-28-15-21)33-25(34-27(24)35)20-7-6-19-9-11-29-23(19)12-20/h3-13,15-17,29H,14H2,1-2H3,(H,31,33,34). The Morgan fingerprint density at radius 2 is 1.91 bits per heavy atom. The van der Waals surface area contributed by atoms with Crippen molar-refractivity contribution in [3.63, 3.8) is 0 Å². The van der Waals surface area contributed by atoms with Gasteiger partial charge in [0.1, 0.15) is 5.52 Å². The first kappa shape index (κ1) is 21.0. The van der Waals surface area contributed by atoms with Crippen molar-refractivity contribution >= 4 is 27.9 Å². The van der Waals surface area contributed by atoms with Crippen molar-refractivity contribution in [3.05, 3.63) is 85.2 Å². The smallest absolute Gasteiger partial charge is 0.166 e. The van der Waals surface area contributed by atoms with E-state index >= 15 is 0 Å². The topological polar surface area (TPSA) is 97.2 Å². The molecule has 0 fully saturated rings. The molecule has 5 heterocycles. The zero-order valence-electron chi connectivity index (χ0n) is 19.5. The molecule has 0 spiro atoms. The second-order valence-corrected chi connectivity index (χ2v) is 8.74. The Kier molecular flexibility index (Phi) is 5.18. The molecule has 2 N–H and O–H groups in total. The van der Waals surface area contributed by atoms with Crippen LogP contribution in [0.15, 0.2) is 79.6 Å². The molecule has 5 aromatic heterocycles. The zero-order chi connectivity index (χ0) is 23.8. The van der Waals surface area contributed by atoms with Crippen molar-refractivity contribution in [2.75, 3.05) is 5.32 Å². The number of nitrogens with one attached hydrogen (secondary N) is 2. The van der Waals surface area contributed by atoms with E-state index in [0.29, 0.717) is 18.2 Å². The van der Waals surface area contributed by atoms with Crippen LogP contribution in [-0.2, 0) is 6.54 Å². The third-order valence-corrected chi connectivity index (χ3v) is 6.03. The van der Waals surface area contributed by atoms with Gasteiger partial charge in [0.05, 0.1) is 12.0 Å². The summed E-state index contributed by atoms with van der Waals surface area (Å²) < 4.78 is 2.07. The van der Waals surface area contributed by atoms with Gasteiger partial charge < -0.3 is 14.9 Å². The second kappa shape index (κ2) is 8.64. The number of H-pyrrole nitrogens is 1. The molecule has 1 aromatic carbocycles. The van der Waals surface area contributed by atoms with Gasteiger partial charge in [0, 0.05) is 54.0 Å². The van der Waals surface area contributed by atoms with E-state index in [4.69, 9.17) is 9.97 Å². The van der Waals surface area contributed by atoms with Crippen LogP contribution >= 0.6 is 0 Å². The number of anilines is 1. The highest BCUT2D eigenvalue weighted by Gasteiger charge is 2.16. The minimum Gasteiger partial charge on any atom is -0.364 e. The molecule has 0 bridgehead atoms. The van der Waals surface area contributed by atoms with E-state index in [9.17, 15) is 0 Å². The number of nitrogens with zero attached hydrogens (tertiary/aromatic N) is 6. The molecule has 0 radical (unpaired) electrons. The monoisotopic (exact) mass is 460 g/mol. The minimum absolute atomic E-state index is 0.228. The van der Waals surface area contributed by atoms with Gasteiger partial charge in [-0.25, -0.2) is 15.0 Å². The van der Waals surface area contributed by atoms with Gasteiger partial charge in [-0.05, 0) is 55.1 Å². The van der Waals surface area contributed by atoms with E-state index in [1.54, 1.807) is 6.20 Å². The normalized spacial score (nSPS) is 11.5. The molecule has 6 aromatic rings. The van der Waals surface area contributed by atoms with Crippen molar-refractivity contribution < 1.29 is 0 Å². The number of aromatic nitrogens is 7. The lowest BCUT2D eigenvalue weighted by Gasteiger charge is -2.12. The maximum Gasteiger partial charge on any atom is 0.166 e. The molecule has 0 aliphatic rings. The average molecular weight is 461 g/mol. The lowest BCUT2D eigenvalue weighted by molar-refractivity contribution is 0.613. The van der Waals surface area contributed by atoms with Gasteiger partial charge in [0.2, 0.25) is 0 Å². The van der Waals surface area contributed by atoms with Gasteiger partial charge in [-0.15, -0.1) is 0 Å². The zero-order valence-corrected chi connectivity index (χ0v) is 19.5. The molecule has 0 unspecified atom stereocenters. The predicted octanol–water partition coefficient (Wildman–Crippen LogP) is 5.62. The molecular weight excluding hydrogens is 436 g/mol. The summed E-state index contributed by atoms with van der Waals surface area (Å²) in [4.78, 5) is 26.4. The van der Waals surface area contributed by atoms with Crippen LogP contribution in [0.25, 0.3) is 44.7 Å². The Bertz CT molecular complexity index is 1610. The van der Waals surface area contributed by atoms with Gasteiger partial charge in [0.25, 0.3) is 0 Å². The lowest BCUT2D eigenvalue weighted by atomic mass is 10.1. The quantitative estimate of drug-likeness (QED) is 0.335. The summed E-state index contributed by atoms with van der Waals surface area (Å²) in [6.07, 6.45) is 9.22. The van der Waals surface area contributed by atoms with E-state index in [1.165, 1.54) is 0 Å². The number of hydrogen-bond acceptors (Lipinski definition) is 6. The van der Waals surface area contributed by atoms with E-state index in [1.807, 2.05) is 43.1 Å². The summed E-state index contributed by atoms with van der Waals surface area (Å²) in [5, 5.41) is 4.63. The molecule has 8 nitrogen and oxygen atoms in total. The Labute approximate surface area is 202 Å². The predicted molar refractivity (Wildman–Crippen MR) is 138 cm³/mol. The van der Waals surface area contributed by atoms with Gasteiger partial charge in [-0.2, -0.15) is 0 Å². The second-order valence-electron chi connectivity index (χ2n) is 8.74. The fourth-order valence-corrected chi connectivity index (χ4v) is 4.13. The third kappa shape index (κ3) is 3.99. The molecule has 0 saturated heterocycles.